The van der Waals surface area contributed by atoms with Gasteiger partial charge in [0.1, 0.15) is 5.82 Å². The van der Waals surface area contributed by atoms with E-state index in [1.165, 1.54) is 12.1 Å². The Morgan fingerprint density at radius 3 is 2.00 bits per heavy atom. The number of ketones is 1. The molecule has 3 rings (SSSR count). The molecule has 2 aromatic carbocycles. The van der Waals surface area contributed by atoms with Crippen LogP contribution in [-0.4, -0.2) is 55.4 Å². The van der Waals surface area contributed by atoms with Crippen LogP contribution in [0.5, 0.6) is 0 Å². The molecule has 0 spiro atoms. The minimum absolute atomic E-state index is 0.153. The van der Waals surface area contributed by atoms with Gasteiger partial charge in [0.2, 0.25) is 0 Å². The minimum Gasteiger partial charge on any atom is -0.304 e. The zero-order valence-corrected chi connectivity index (χ0v) is 13.3. The van der Waals surface area contributed by atoms with Gasteiger partial charge < -0.3 is 4.90 Å². The molecule has 0 aromatic heterocycles. The average Bonchev–Trinajstić information content (AvgIpc) is 2.58. The van der Waals surface area contributed by atoms with Crippen LogP contribution in [-0.2, 0) is 0 Å². The first-order valence-corrected chi connectivity index (χ1v) is 7.92. The zero-order chi connectivity index (χ0) is 16.2. The maximum absolute atomic E-state index is 13.0. The Morgan fingerprint density at radius 1 is 0.913 bits per heavy atom. The van der Waals surface area contributed by atoms with Crippen LogP contribution in [0.2, 0.25) is 0 Å². The first-order valence-electron chi connectivity index (χ1n) is 7.92. The Bertz CT molecular complexity index is 659. The molecule has 0 unspecified atom stereocenters. The first-order chi connectivity index (χ1) is 11.1. The van der Waals surface area contributed by atoms with E-state index in [1.54, 1.807) is 12.1 Å². The molecule has 0 N–H and O–H groups in total. The normalized spacial score (nSPS) is 16.4. The van der Waals surface area contributed by atoms with Gasteiger partial charge in [0.15, 0.2) is 5.78 Å². The fourth-order valence-electron chi connectivity index (χ4n) is 2.79. The summed E-state index contributed by atoms with van der Waals surface area (Å²) < 4.78 is 13.0. The van der Waals surface area contributed by atoms with Crippen molar-refractivity contribution in [1.82, 2.24) is 9.80 Å². The van der Waals surface area contributed by atoms with Crippen molar-refractivity contribution in [1.29, 1.82) is 0 Å². The smallest absolute Gasteiger partial charge is 0.176 e. The molecule has 0 amide bonds. The molecular formula is C19H21FN2O. The van der Waals surface area contributed by atoms with Gasteiger partial charge in [0, 0.05) is 31.7 Å². The molecule has 120 valence electrons. The molecule has 4 heteroatoms. The monoisotopic (exact) mass is 312 g/mol. The molecular weight excluding hydrogens is 291 g/mol. The molecule has 1 fully saturated rings. The third-order valence-electron chi connectivity index (χ3n) is 4.35. The van der Waals surface area contributed by atoms with Crippen LogP contribution in [0, 0.1) is 5.82 Å². The van der Waals surface area contributed by atoms with E-state index in [0.29, 0.717) is 6.54 Å². The lowest BCUT2D eigenvalue weighted by Crippen LogP contribution is -2.46. The summed E-state index contributed by atoms with van der Waals surface area (Å²) in [6.07, 6.45) is 0. The van der Waals surface area contributed by atoms with Gasteiger partial charge in [-0.2, -0.15) is 0 Å². The molecule has 1 heterocycles. The Balaban J connectivity index is 1.64. The van der Waals surface area contributed by atoms with E-state index in [9.17, 15) is 9.18 Å². The Hall–Kier alpha value is -2.04. The van der Waals surface area contributed by atoms with Crippen LogP contribution in [0.1, 0.15) is 10.4 Å². The number of Topliss-reactive ketones (excluding diaryl/α,β-unsaturated/α-hetero) is 1. The van der Waals surface area contributed by atoms with Crippen molar-refractivity contribution in [3.8, 4) is 11.1 Å². The van der Waals surface area contributed by atoms with E-state index in [4.69, 9.17) is 0 Å². The number of rotatable bonds is 4. The van der Waals surface area contributed by atoms with Crippen LogP contribution < -0.4 is 0 Å². The van der Waals surface area contributed by atoms with Gasteiger partial charge in [-0.05, 0) is 30.3 Å². The van der Waals surface area contributed by atoms with Crippen molar-refractivity contribution < 1.29 is 9.18 Å². The molecule has 3 nitrogen and oxygen atoms in total. The van der Waals surface area contributed by atoms with Crippen molar-refractivity contribution in [2.24, 2.45) is 0 Å². The van der Waals surface area contributed by atoms with Gasteiger partial charge in [0.05, 0.1) is 6.54 Å². The standard InChI is InChI=1S/C19H21FN2O/c1-21-10-12-22(13-11-21)14-19(23)17-4-2-15(3-5-17)16-6-8-18(20)9-7-16/h2-9H,10-14H2,1H3. The fourth-order valence-corrected chi connectivity index (χ4v) is 2.79. The molecule has 1 aliphatic heterocycles. The molecule has 1 aliphatic rings. The number of hydrogen-bond acceptors (Lipinski definition) is 3. The molecule has 0 saturated carbocycles. The van der Waals surface area contributed by atoms with E-state index in [2.05, 4.69) is 16.8 Å². The van der Waals surface area contributed by atoms with E-state index < -0.39 is 0 Å². The van der Waals surface area contributed by atoms with Gasteiger partial charge in [-0.1, -0.05) is 36.4 Å². The number of carbonyl (C=O) groups excluding carboxylic acids is 1. The van der Waals surface area contributed by atoms with Crippen molar-refractivity contribution in [3.63, 3.8) is 0 Å². The van der Waals surface area contributed by atoms with Gasteiger partial charge in [-0.3, -0.25) is 9.69 Å². The number of benzene rings is 2. The lowest BCUT2D eigenvalue weighted by atomic mass is 10.0. The maximum Gasteiger partial charge on any atom is 0.176 e. The summed E-state index contributed by atoms with van der Waals surface area (Å²) in [7, 11) is 2.10. The Kier molecular flexibility index (Phi) is 4.84. The van der Waals surface area contributed by atoms with Crippen LogP contribution in [0.4, 0.5) is 4.39 Å². The number of nitrogens with zero attached hydrogens (tertiary/aromatic N) is 2. The zero-order valence-electron chi connectivity index (χ0n) is 13.3. The molecule has 0 aliphatic carbocycles. The Labute approximate surface area is 136 Å². The quantitative estimate of drug-likeness (QED) is 0.811. The highest BCUT2D eigenvalue weighted by Gasteiger charge is 2.17. The van der Waals surface area contributed by atoms with E-state index in [0.717, 1.165) is 42.9 Å². The maximum atomic E-state index is 13.0. The molecule has 0 bridgehead atoms. The summed E-state index contributed by atoms with van der Waals surface area (Å²) in [5.41, 5.74) is 2.67. The first kappa shape index (κ1) is 15.8. The molecule has 2 aromatic rings. The predicted octanol–water partition coefficient (Wildman–Crippen LogP) is 2.92. The van der Waals surface area contributed by atoms with Crippen LogP contribution >= 0.6 is 0 Å². The van der Waals surface area contributed by atoms with Crippen molar-refractivity contribution in [2.75, 3.05) is 39.8 Å². The van der Waals surface area contributed by atoms with Crippen LogP contribution in [0.15, 0.2) is 48.5 Å². The van der Waals surface area contributed by atoms with Crippen LogP contribution in [0.25, 0.3) is 11.1 Å². The van der Waals surface area contributed by atoms with Crippen molar-refractivity contribution in [2.45, 2.75) is 0 Å². The number of halogens is 1. The number of likely N-dealkylation sites (N-methyl/N-ethyl adjacent to an activating group) is 1. The van der Waals surface area contributed by atoms with Crippen molar-refractivity contribution in [3.05, 3.63) is 59.9 Å². The number of piperazine rings is 1. The highest BCUT2D eigenvalue weighted by molar-refractivity contribution is 5.98. The van der Waals surface area contributed by atoms with E-state index in [-0.39, 0.29) is 11.6 Å². The summed E-state index contributed by atoms with van der Waals surface area (Å²) in [4.78, 5) is 16.9. The fraction of sp³-hybridized carbons (Fsp3) is 0.316. The largest absolute Gasteiger partial charge is 0.304 e. The SMILES string of the molecule is CN1CCN(CC(=O)c2ccc(-c3ccc(F)cc3)cc2)CC1. The minimum atomic E-state index is -0.243. The van der Waals surface area contributed by atoms with Gasteiger partial charge in [-0.15, -0.1) is 0 Å². The second-order valence-electron chi connectivity index (χ2n) is 6.09. The van der Waals surface area contributed by atoms with E-state index in [1.807, 2.05) is 24.3 Å². The Morgan fingerprint density at radius 2 is 1.43 bits per heavy atom. The number of hydrogen-bond donors (Lipinski definition) is 0. The highest BCUT2D eigenvalue weighted by atomic mass is 19.1. The molecule has 1 saturated heterocycles. The second-order valence-corrected chi connectivity index (χ2v) is 6.09. The molecule has 0 atom stereocenters. The van der Waals surface area contributed by atoms with Gasteiger partial charge >= 0.3 is 0 Å². The lowest BCUT2D eigenvalue weighted by molar-refractivity contribution is 0.0876. The summed E-state index contributed by atoms with van der Waals surface area (Å²) in [6, 6.07) is 13.9. The summed E-state index contributed by atoms with van der Waals surface area (Å²) in [5, 5.41) is 0. The van der Waals surface area contributed by atoms with Gasteiger partial charge in [0.25, 0.3) is 0 Å². The lowest BCUT2D eigenvalue weighted by Gasteiger charge is -2.31. The molecule has 0 radical (unpaired) electrons. The topological polar surface area (TPSA) is 23.6 Å². The predicted molar refractivity (Wildman–Crippen MR) is 90.1 cm³/mol. The highest BCUT2D eigenvalue weighted by Crippen LogP contribution is 2.20. The number of carbonyl (C=O) groups is 1. The third kappa shape index (κ3) is 4.03. The summed E-state index contributed by atoms with van der Waals surface area (Å²) in [5.74, 6) is -0.0899. The van der Waals surface area contributed by atoms with Crippen molar-refractivity contribution >= 4 is 5.78 Å². The van der Waals surface area contributed by atoms with Gasteiger partial charge in [-0.25, -0.2) is 4.39 Å². The summed E-state index contributed by atoms with van der Waals surface area (Å²) in [6.45, 7) is 4.38. The third-order valence-corrected chi connectivity index (χ3v) is 4.35. The van der Waals surface area contributed by atoms with E-state index >= 15 is 0 Å². The molecule has 23 heavy (non-hydrogen) atoms. The second kappa shape index (κ2) is 7.02. The average molecular weight is 312 g/mol. The van der Waals surface area contributed by atoms with Crippen LogP contribution in [0.3, 0.4) is 0 Å². The summed E-state index contributed by atoms with van der Waals surface area (Å²) >= 11 is 0.